The van der Waals surface area contributed by atoms with Crippen molar-refractivity contribution in [2.24, 2.45) is 10.4 Å². The van der Waals surface area contributed by atoms with Crippen LogP contribution in [0.5, 0.6) is 0 Å². The molecule has 6 rings (SSSR count). The molecule has 2 fully saturated rings. The van der Waals surface area contributed by atoms with Crippen LogP contribution >= 0.6 is 0 Å². The summed E-state index contributed by atoms with van der Waals surface area (Å²) in [5.41, 5.74) is 3.51. The Labute approximate surface area is 228 Å². The third-order valence-corrected chi connectivity index (χ3v) is 8.47. The number of hydrogen-bond donors (Lipinski definition) is 2. The first-order valence-electron chi connectivity index (χ1n) is 13.9. The van der Waals surface area contributed by atoms with E-state index >= 15 is 0 Å². The molecule has 6 heterocycles. The SMILES string of the molecule is Cc1cc(Nc2cc(C)[nH]n2)nc(N2CCC3(CCCN([C@@H](C)C4=CCC(n5cc(F)cn5)N=C4)C3)CC2)n1. The van der Waals surface area contributed by atoms with Crippen molar-refractivity contribution in [1.82, 2.24) is 34.8 Å². The number of nitrogens with zero attached hydrogens (tertiary/aromatic N) is 8. The lowest BCUT2D eigenvalue weighted by Crippen LogP contribution is -2.52. The zero-order valence-electron chi connectivity index (χ0n) is 22.9. The summed E-state index contributed by atoms with van der Waals surface area (Å²) < 4.78 is 15.0. The molecule has 3 aromatic heterocycles. The van der Waals surface area contributed by atoms with Crippen molar-refractivity contribution >= 4 is 23.8 Å². The molecule has 10 nitrogen and oxygen atoms in total. The van der Waals surface area contributed by atoms with E-state index in [0.29, 0.717) is 11.5 Å². The third-order valence-electron chi connectivity index (χ3n) is 8.47. The number of aromatic amines is 1. The van der Waals surface area contributed by atoms with Crippen molar-refractivity contribution in [3.8, 4) is 0 Å². The van der Waals surface area contributed by atoms with Gasteiger partial charge in [-0.1, -0.05) is 6.08 Å². The second-order valence-corrected chi connectivity index (χ2v) is 11.3. The van der Waals surface area contributed by atoms with Gasteiger partial charge in [-0.2, -0.15) is 15.2 Å². The molecule has 2 saturated heterocycles. The van der Waals surface area contributed by atoms with Gasteiger partial charge in [0.25, 0.3) is 0 Å². The number of piperidine rings is 2. The van der Waals surface area contributed by atoms with Crippen LogP contribution in [0.3, 0.4) is 0 Å². The second kappa shape index (κ2) is 10.5. The van der Waals surface area contributed by atoms with E-state index in [4.69, 9.17) is 9.97 Å². The molecule has 2 atom stereocenters. The number of aromatic nitrogens is 6. The van der Waals surface area contributed by atoms with E-state index in [1.165, 1.54) is 30.8 Å². The highest BCUT2D eigenvalue weighted by atomic mass is 19.1. The van der Waals surface area contributed by atoms with E-state index < -0.39 is 0 Å². The first-order chi connectivity index (χ1) is 18.9. The van der Waals surface area contributed by atoms with Crippen molar-refractivity contribution in [2.75, 3.05) is 36.4 Å². The Balaban J connectivity index is 1.07. The Bertz CT molecular complexity index is 1370. The standard InChI is InChI=1S/C28H37FN10/c1-19-13-24(33-25-14-20(2)35-36-25)34-27(32-19)37-11-8-28(9-12-37)7-4-10-38(18-28)21(3)22-5-6-26(30-15-22)39-17-23(29)16-31-39/h5,13-17,21,26H,4,6-12,18H2,1-3H3,(H2,32,33,34,35,36)/t21-,26?/m0/s1. The van der Waals surface area contributed by atoms with Gasteiger partial charge in [0.1, 0.15) is 12.0 Å². The van der Waals surface area contributed by atoms with Gasteiger partial charge in [-0.3, -0.25) is 15.0 Å². The summed E-state index contributed by atoms with van der Waals surface area (Å²) in [6, 6.07) is 4.22. The zero-order chi connectivity index (χ0) is 27.0. The van der Waals surface area contributed by atoms with Crippen LogP contribution in [0.25, 0.3) is 0 Å². The fourth-order valence-electron chi connectivity index (χ4n) is 6.21. The molecule has 39 heavy (non-hydrogen) atoms. The molecule has 206 valence electrons. The lowest BCUT2D eigenvalue weighted by atomic mass is 9.72. The molecular weight excluding hydrogens is 495 g/mol. The monoisotopic (exact) mass is 532 g/mol. The minimum atomic E-state index is -0.326. The largest absolute Gasteiger partial charge is 0.341 e. The highest BCUT2D eigenvalue weighted by Gasteiger charge is 2.40. The molecular formula is C28H37FN10. The van der Waals surface area contributed by atoms with Gasteiger partial charge in [0.2, 0.25) is 5.95 Å². The molecule has 0 amide bonds. The summed E-state index contributed by atoms with van der Waals surface area (Å²) in [6.45, 7) is 10.4. The van der Waals surface area contributed by atoms with Gasteiger partial charge in [-0.25, -0.2) is 14.1 Å². The van der Waals surface area contributed by atoms with Gasteiger partial charge < -0.3 is 10.2 Å². The average Bonchev–Trinajstić information content (AvgIpc) is 3.56. The van der Waals surface area contributed by atoms with Gasteiger partial charge >= 0.3 is 0 Å². The molecule has 1 spiro atoms. The topological polar surface area (TPSA) is 103 Å². The maximum absolute atomic E-state index is 13.4. The highest BCUT2D eigenvalue weighted by molar-refractivity contribution is 5.81. The van der Waals surface area contributed by atoms with Crippen molar-refractivity contribution in [3.05, 3.63) is 53.4 Å². The van der Waals surface area contributed by atoms with Gasteiger partial charge in [-0.15, -0.1) is 0 Å². The summed E-state index contributed by atoms with van der Waals surface area (Å²) in [6.07, 6.45) is 12.2. The lowest BCUT2D eigenvalue weighted by molar-refractivity contribution is 0.0516. The van der Waals surface area contributed by atoms with Crippen LogP contribution in [0.15, 0.2) is 41.2 Å². The number of nitrogens with one attached hydrogen (secondary N) is 2. The van der Waals surface area contributed by atoms with E-state index in [1.54, 1.807) is 4.68 Å². The number of aliphatic imine (C=N–C) groups is 1. The molecule has 2 N–H and O–H groups in total. The predicted octanol–water partition coefficient (Wildman–Crippen LogP) is 4.57. The van der Waals surface area contributed by atoms with Crippen LogP contribution in [0.1, 0.15) is 56.6 Å². The Hall–Kier alpha value is -3.60. The molecule has 3 aliphatic heterocycles. The first kappa shape index (κ1) is 25.7. The Morgan fingerprint density at radius 1 is 1.10 bits per heavy atom. The van der Waals surface area contributed by atoms with E-state index in [2.05, 4.69) is 48.4 Å². The lowest BCUT2D eigenvalue weighted by Gasteiger charge is -2.49. The van der Waals surface area contributed by atoms with E-state index in [-0.39, 0.29) is 12.0 Å². The Morgan fingerprint density at radius 2 is 1.95 bits per heavy atom. The molecule has 0 aliphatic carbocycles. The van der Waals surface area contributed by atoms with Gasteiger partial charge in [-0.05, 0) is 64.0 Å². The van der Waals surface area contributed by atoms with Crippen molar-refractivity contribution < 1.29 is 4.39 Å². The molecule has 11 heteroatoms. The number of H-pyrrole nitrogens is 1. The Morgan fingerprint density at radius 3 is 2.64 bits per heavy atom. The molecule has 0 bridgehead atoms. The zero-order valence-corrected chi connectivity index (χ0v) is 22.9. The summed E-state index contributed by atoms with van der Waals surface area (Å²) in [7, 11) is 0. The van der Waals surface area contributed by atoms with Crippen LogP contribution in [0, 0.1) is 25.1 Å². The number of aryl methyl sites for hydroxylation is 2. The van der Waals surface area contributed by atoms with Crippen LogP contribution in [-0.4, -0.2) is 73.3 Å². The molecule has 1 unspecified atom stereocenters. The highest BCUT2D eigenvalue weighted by Crippen LogP contribution is 2.41. The maximum atomic E-state index is 13.4. The minimum Gasteiger partial charge on any atom is -0.341 e. The fraction of sp³-hybridized carbons (Fsp3) is 0.536. The normalized spacial score (nSPS) is 22.2. The van der Waals surface area contributed by atoms with Crippen molar-refractivity contribution in [2.45, 2.75) is 65.1 Å². The van der Waals surface area contributed by atoms with Crippen LogP contribution in [0.4, 0.5) is 22.0 Å². The van der Waals surface area contributed by atoms with Crippen molar-refractivity contribution in [3.63, 3.8) is 0 Å². The van der Waals surface area contributed by atoms with Gasteiger partial charge in [0.05, 0.1) is 12.4 Å². The minimum absolute atomic E-state index is 0.162. The molecule has 0 aromatic carbocycles. The number of anilines is 3. The number of dihydropyridines is 1. The van der Waals surface area contributed by atoms with Gasteiger partial charge in [0, 0.05) is 61.8 Å². The summed E-state index contributed by atoms with van der Waals surface area (Å²) >= 11 is 0. The van der Waals surface area contributed by atoms with Crippen LogP contribution in [-0.2, 0) is 0 Å². The number of rotatable bonds is 6. The van der Waals surface area contributed by atoms with E-state index in [1.807, 2.05) is 32.2 Å². The first-order valence-corrected chi connectivity index (χ1v) is 13.9. The fourth-order valence-corrected chi connectivity index (χ4v) is 6.21. The molecule has 0 saturated carbocycles. The number of halogens is 1. The maximum Gasteiger partial charge on any atom is 0.227 e. The summed E-state index contributed by atoms with van der Waals surface area (Å²) in [5.74, 6) is 1.99. The number of hydrogen-bond acceptors (Lipinski definition) is 8. The van der Waals surface area contributed by atoms with Gasteiger partial charge in [0.15, 0.2) is 11.6 Å². The van der Waals surface area contributed by atoms with Crippen LogP contribution in [0.2, 0.25) is 0 Å². The number of likely N-dealkylation sites (tertiary alicyclic amines) is 1. The smallest absolute Gasteiger partial charge is 0.227 e. The van der Waals surface area contributed by atoms with Crippen LogP contribution < -0.4 is 10.2 Å². The summed E-state index contributed by atoms with van der Waals surface area (Å²) in [5, 5.41) is 14.6. The Kier molecular flexibility index (Phi) is 6.92. The molecule has 0 radical (unpaired) electrons. The van der Waals surface area contributed by atoms with E-state index in [9.17, 15) is 4.39 Å². The second-order valence-electron chi connectivity index (χ2n) is 11.3. The van der Waals surface area contributed by atoms with E-state index in [0.717, 1.165) is 74.4 Å². The molecule has 3 aromatic rings. The third kappa shape index (κ3) is 5.59. The average molecular weight is 533 g/mol. The predicted molar refractivity (Wildman–Crippen MR) is 150 cm³/mol. The van der Waals surface area contributed by atoms with Crippen molar-refractivity contribution in [1.29, 1.82) is 0 Å². The summed E-state index contributed by atoms with van der Waals surface area (Å²) in [4.78, 5) is 19.2. The quantitative estimate of drug-likeness (QED) is 0.480. The molecule has 3 aliphatic rings.